The summed E-state index contributed by atoms with van der Waals surface area (Å²) in [6.07, 6.45) is 2.82. The summed E-state index contributed by atoms with van der Waals surface area (Å²) in [4.78, 5) is 10.5. The van der Waals surface area contributed by atoms with Gasteiger partial charge in [-0.15, -0.1) is 0 Å². The lowest BCUT2D eigenvalue weighted by molar-refractivity contribution is -0.121. The number of nitriles is 1. The van der Waals surface area contributed by atoms with Crippen LogP contribution in [0.3, 0.4) is 0 Å². The summed E-state index contributed by atoms with van der Waals surface area (Å²) in [5, 5.41) is 8.18. The zero-order valence-electron chi connectivity index (χ0n) is 4.92. The van der Waals surface area contributed by atoms with Crippen LogP contribution in [0.15, 0.2) is 0 Å². The lowest BCUT2D eigenvalue weighted by Gasteiger charge is -2.00. The zero-order valence-corrected chi connectivity index (χ0v) is 4.92. The molecule has 1 fully saturated rings. The lowest BCUT2D eigenvalue weighted by atomic mass is 10.0. The first-order valence-corrected chi connectivity index (χ1v) is 2.75. The first-order chi connectivity index (χ1) is 4.21. The average molecular weight is 123 g/mol. The van der Waals surface area contributed by atoms with Gasteiger partial charge in [-0.3, -0.25) is 4.79 Å². The maximum Gasteiger partial charge on any atom is 0.225 e. The van der Waals surface area contributed by atoms with E-state index in [-0.39, 0.29) is 5.91 Å². The minimum absolute atomic E-state index is 0.371. The SMILES string of the molecule is N#C[CH]C1(C(N)=O)CC1. The normalized spacial score (nSPS) is 20.3. The molecule has 1 aliphatic rings. The minimum atomic E-state index is -0.547. The summed E-state index contributed by atoms with van der Waals surface area (Å²) < 4.78 is 0. The molecule has 0 heterocycles. The Morgan fingerprint density at radius 1 is 1.78 bits per heavy atom. The number of carbonyl (C=O) groups excluding carboxylic acids is 1. The Balaban J connectivity index is 2.55. The summed E-state index contributed by atoms with van der Waals surface area (Å²) >= 11 is 0. The van der Waals surface area contributed by atoms with Gasteiger partial charge in [0.15, 0.2) is 0 Å². The topological polar surface area (TPSA) is 66.9 Å². The molecule has 9 heavy (non-hydrogen) atoms. The van der Waals surface area contributed by atoms with Crippen LogP contribution in [-0.2, 0) is 4.79 Å². The van der Waals surface area contributed by atoms with Crippen molar-refractivity contribution in [3.63, 3.8) is 0 Å². The van der Waals surface area contributed by atoms with Gasteiger partial charge in [-0.1, -0.05) is 0 Å². The van der Waals surface area contributed by atoms with E-state index in [4.69, 9.17) is 11.0 Å². The van der Waals surface area contributed by atoms with Gasteiger partial charge < -0.3 is 5.73 Å². The molecular weight excluding hydrogens is 116 g/mol. The third-order valence-corrected chi connectivity index (χ3v) is 1.62. The molecule has 0 bridgehead atoms. The number of nitrogens with two attached hydrogens (primary N) is 1. The van der Waals surface area contributed by atoms with Crippen molar-refractivity contribution in [1.29, 1.82) is 5.26 Å². The summed E-state index contributed by atoms with van der Waals surface area (Å²) in [6.45, 7) is 0. The summed E-state index contributed by atoms with van der Waals surface area (Å²) in [5.41, 5.74) is 4.45. The average Bonchev–Trinajstić information content (AvgIpc) is 2.49. The zero-order chi connectivity index (χ0) is 6.91. The van der Waals surface area contributed by atoms with E-state index in [0.717, 1.165) is 12.8 Å². The molecular formula is C6H7N2O. The molecule has 2 N–H and O–H groups in total. The molecule has 1 rings (SSSR count). The Kier molecular flexibility index (Phi) is 1.17. The molecule has 0 saturated heterocycles. The first-order valence-electron chi connectivity index (χ1n) is 2.75. The molecule has 0 aromatic carbocycles. The highest BCUT2D eigenvalue weighted by atomic mass is 16.1. The van der Waals surface area contributed by atoms with E-state index in [0.29, 0.717) is 0 Å². The molecule has 3 nitrogen and oxygen atoms in total. The highest BCUT2D eigenvalue weighted by Gasteiger charge is 2.48. The van der Waals surface area contributed by atoms with Crippen LogP contribution < -0.4 is 5.73 Å². The fourth-order valence-electron chi connectivity index (χ4n) is 0.720. The van der Waals surface area contributed by atoms with Crippen LogP contribution in [0.5, 0.6) is 0 Å². The van der Waals surface area contributed by atoms with Gasteiger partial charge >= 0.3 is 0 Å². The van der Waals surface area contributed by atoms with Gasteiger partial charge in [0.1, 0.15) is 0 Å². The Labute approximate surface area is 53.5 Å². The van der Waals surface area contributed by atoms with Crippen molar-refractivity contribution in [2.45, 2.75) is 12.8 Å². The van der Waals surface area contributed by atoms with E-state index in [1.165, 1.54) is 6.42 Å². The number of rotatable bonds is 2. The van der Waals surface area contributed by atoms with Crippen molar-refractivity contribution >= 4 is 5.91 Å². The summed E-state index contributed by atoms with van der Waals surface area (Å²) in [7, 11) is 0. The Morgan fingerprint density at radius 2 is 2.33 bits per heavy atom. The maximum absolute atomic E-state index is 10.5. The van der Waals surface area contributed by atoms with Crippen molar-refractivity contribution in [1.82, 2.24) is 0 Å². The standard InChI is InChI=1S/C6H7N2O/c7-4-3-6(1-2-6)5(8)9/h3H,1-2H2,(H2,8,9). The van der Waals surface area contributed by atoms with Crippen molar-refractivity contribution in [2.75, 3.05) is 0 Å². The van der Waals surface area contributed by atoms with Crippen LogP contribution in [0, 0.1) is 23.2 Å². The predicted octanol–water partition coefficient (Wildman–Crippen LogP) is -0.0202. The van der Waals surface area contributed by atoms with Crippen LogP contribution >= 0.6 is 0 Å². The van der Waals surface area contributed by atoms with E-state index in [9.17, 15) is 4.79 Å². The number of nitrogens with zero attached hydrogens (tertiary/aromatic N) is 1. The molecule has 1 amide bonds. The van der Waals surface area contributed by atoms with Crippen molar-refractivity contribution in [3.05, 3.63) is 6.42 Å². The molecule has 1 radical (unpaired) electrons. The molecule has 3 heteroatoms. The Bertz CT molecular complexity index is 176. The molecule has 0 aromatic heterocycles. The third kappa shape index (κ3) is 0.879. The highest BCUT2D eigenvalue weighted by molar-refractivity contribution is 5.85. The third-order valence-electron chi connectivity index (χ3n) is 1.62. The summed E-state index contributed by atoms with van der Waals surface area (Å²) in [6, 6.07) is 1.83. The first kappa shape index (κ1) is 6.09. The number of amides is 1. The van der Waals surface area contributed by atoms with Gasteiger partial charge in [-0.05, 0) is 12.8 Å². The number of carbonyl (C=O) groups is 1. The molecule has 1 aliphatic carbocycles. The van der Waals surface area contributed by atoms with Crippen LogP contribution in [0.25, 0.3) is 0 Å². The second kappa shape index (κ2) is 1.73. The smallest absolute Gasteiger partial charge is 0.225 e. The monoisotopic (exact) mass is 123 g/mol. The molecule has 0 unspecified atom stereocenters. The van der Waals surface area contributed by atoms with E-state index >= 15 is 0 Å². The van der Waals surface area contributed by atoms with Gasteiger partial charge in [0, 0.05) is 0 Å². The van der Waals surface area contributed by atoms with E-state index in [1.54, 1.807) is 0 Å². The van der Waals surface area contributed by atoms with E-state index in [2.05, 4.69) is 0 Å². The van der Waals surface area contributed by atoms with Gasteiger partial charge in [0.05, 0.1) is 17.9 Å². The van der Waals surface area contributed by atoms with E-state index < -0.39 is 5.41 Å². The maximum atomic E-state index is 10.5. The van der Waals surface area contributed by atoms with Gasteiger partial charge in [-0.2, -0.15) is 5.26 Å². The van der Waals surface area contributed by atoms with Gasteiger partial charge in [0.2, 0.25) is 5.91 Å². The lowest BCUT2D eigenvalue weighted by Crippen LogP contribution is -2.24. The molecule has 0 spiro atoms. The van der Waals surface area contributed by atoms with E-state index in [1.807, 2.05) is 6.07 Å². The van der Waals surface area contributed by atoms with Gasteiger partial charge in [-0.25, -0.2) is 0 Å². The van der Waals surface area contributed by atoms with Crippen LogP contribution in [0.4, 0.5) is 0 Å². The molecule has 0 aromatic rings. The van der Waals surface area contributed by atoms with Crippen molar-refractivity contribution in [3.8, 4) is 6.07 Å². The van der Waals surface area contributed by atoms with Crippen LogP contribution in [0.2, 0.25) is 0 Å². The fourth-order valence-corrected chi connectivity index (χ4v) is 0.720. The van der Waals surface area contributed by atoms with Crippen LogP contribution in [-0.4, -0.2) is 5.91 Å². The molecule has 1 saturated carbocycles. The second-order valence-electron chi connectivity index (χ2n) is 2.29. The molecule has 47 valence electrons. The van der Waals surface area contributed by atoms with Crippen molar-refractivity contribution < 1.29 is 4.79 Å². The Morgan fingerprint density at radius 3 is 2.44 bits per heavy atom. The molecule has 0 aliphatic heterocycles. The highest BCUT2D eigenvalue weighted by Crippen LogP contribution is 2.47. The number of primary amides is 1. The largest absolute Gasteiger partial charge is 0.369 e. The summed E-state index contributed by atoms with van der Waals surface area (Å²) in [5.74, 6) is -0.371. The Hall–Kier alpha value is -1.04. The number of hydrogen-bond acceptors (Lipinski definition) is 2. The van der Waals surface area contributed by atoms with Crippen LogP contribution in [0.1, 0.15) is 12.8 Å². The quantitative estimate of drug-likeness (QED) is 0.560. The second-order valence-corrected chi connectivity index (χ2v) is 2.29. The molecule has 0 atom stereocenters. The predicted molar refractivity (Wildman–Crippen MR) is 30.8 cm³/mol. The van der Waals surface area contributed by atoms with Crippen molar-refractivity contribution in [2.24, 2.45) is 11.1 Å². The van der Waals surface area contributed by atoms with Gasteiger partial charge in [0.25, 0.3) is 0 Å². The number of hydrogen-bond donors (Lipinski definition) is 1. The minimum Gasteiger partial charge on any atom is -0.369 e. The fraction of sp³-hybridized carbons (Fsp3) is 0.500.